The van der Waals surface area contributed by atoms with E-state index in [2.05, 4.69) is 25.8 Å². The number of ether oxygens (including phenoxy) is 1. The van der Waals surface area contributed by atoms with Crippen LogP contribution in [0.1, 0.15) is 35.2 Å². The maximum absolute atomic E-state index is 13.2. The average molecular weight is 460 g/mol. The summed E-state index contributed by atoms with van der Waals surface area (Å²) < 4.78 is 5.20. The first-order chi connectivity index (χ1) is 16.6. The molecule has 0 unspecified atom stereocenters. The Hall–Kier alpha value is -4.07. The fourth-order valence-corrected chi connectivity index (χ4v) is 3.98. The molecule has 0 aliphatic carbocycles. The number of pyridine rings is 1. The van der Waals surface area contributed by atoms with Gasteiger partial charge >= 0.3 is 6.03 Å². The molecule has 1 aromatic heterocycles. The van der Waals surface area contributed by atoms with Gasteiger partial charge in [0.2, 0.25) is 0 Å². The fraction of sp³-hybridized carbons (Fsp3) is 0.269. The Morgan fingerprint density at radius 1 is 0.971 bits per heavy atom. The number of carbonyl (C=O) groups is 2. The van der Waals surface area contributed by atoms with Gasteiger partial charge in [-0.15, -0.1) is 0 Å². The van der Waals surface area contributed by atoms with Gasteiger partial charge in [0.05, 0.1) is 12.7 Å². The second kappa shape index (κ2) is 11.2. The molecule has 2 heterocycles. The van der Waals surface area contributed by atoms with Gasteiger partial charge in [0.1, 0.15) is 5.75 Å². The lowest BCUT2D eigenvalue weighted by Crippen LogP contribution is -2.33. The first-order valence-electron chi connectivity index (χ1n) is 11.4. The summed E-state index contributed by atoms with van der Waals surface area (Å²) in [4.78, 5) is 32.1. The van der Waals surface area contributed by atoms with Gasteiger partial charge in [-0.25, -0.2) is 4.79 Å². The van der Waals surface area contributed by atoms with Crippen molar-refractivity contribution in [2.75, 3.05) is 35.7 Å². The van der Waals surface area contributed by atoms with Gasteiger partial charge in [-0.05, 0) is 61.2 Å². The van der Waals surface area contributed by atoms with Crippen molar-refractivity contribution in [1.29, 1.82) is 0 Å². The Morgan fingerprint density at radius 2 is 1.76 bits per heavy atom. The van der Waals surface area contributed by atoms with E-state index in [1.165, 1.54) is 6.42 Å². The molecule has 1 aliphatic heterocycles. The molecular formula is C26H29N5O3. The zero-order chi connectivity index (χ0) is 23.8. The standard InChI is InChI=1S/C26H29N5O3/c1-34-22-9-5-8-20(15-22)29-26(33)30-21-10-11-24(31-13-3-2-4-14-31)23(16-21)25(32)28-18-19-7-6-12-27-17-19/h5-12,15-17H,2-4,13-14,18H2,1H3,(H,28,32)(H2,29,30,33). The Bertz CT molecular complexity index is 1130. The number of nitrogens with one attached hydrogen (secondary N) is 3. The van der Waals surface area contributed by atoms with Gasteiger partial charge in [-0.2, -0.15) is 0 Å². The highest BCUT2D eigenvalue weighted by atomic mass is 16.5. The van der Waals surface area contributed by atoms with Crippen molar-refractivity contribution in [3.8, 4) is 5.75 Å². The number of methoxy groups -OCH3 is 1. The van der Waals surface area contributed by atoms with Crippen molar-refractivity contribution in [3.63, 3.8) is 0 Å². The van der Waals surface area contributed by atoms with E-state index in [1.54, 1.807) is 49.8 Å². The number of aromatic nitrogens is 1. The van der Waals surface area contributed by atoms with E-state index in [1.807, 2.05) is 24.3 Å². The van der Waals surface area contributed by atoms with E-state index in [0.717, 1.165) is 37.2 Å². The van der Waals surface area contributed by atoms with Crippen molar-refractivity contribution in [2.24, 2.45) is 0 Å². The molecule has 3 N–H and O–H groups in total. The third-order valence-electron chi connectivity index (χ3n) is 5.70. The van der Waals surface area contributed by atoms with Gasteiger partial charge in [-0.1, -0.05) is 12.1 Å². The summed E-state index contributed by atoms with van der Waals surface area (Å²) >= 11 is 0. The van der Waals surface area contributed by atoms with E-state index in [9.17, 15) is 9.59 Å². The molecule has 0 bridgehead atoms. The normalized spacial score (nSPS) is 13.1. The van der Waals surface area contributed by atoms with Gasteiger partial charge < -0.3 is 25.6 Å². The topological polar surface area (TPSA) is 95.6 Å². The van der Waals surface area contributed by atoms with Crippen molar-refractivity contribution in [2.45, 2.75) is 25.8 Å². The molecule has 0 atom stereocenters. The van der Waals surface area contributed by atoms with Crippen LogP contribution in [-0.4, -0.2) is 37.1 Å². The molecule has 34 heavy (non-hydrogen) atoms. The first-order valence-corrected chi connectivity index (χ1v) is 11.4. The Morgan fingerprint density at radius 3 is 2.50 bits per heavy atom. The third kappa shape index (κ3) is 6.04. The average Bonchev–Trinajstić information content (AvgIpc) is 2.88. The summed E-state index contributed by atoms with van der Waals surface area (Å²) in [7, 11) is 1.57. The Balaban J connectivity index is 1.51. The number of hydrogen-bond donors (Lipinski definition) is 3. The van der Waals surface area contributed by atoms with Crippen LogP contribution in [0.25, 0.3) is 0 Å². The lowest BCUT2D eigenvalue weighted by molar-refractivity contribution is 0.0951. The molecule has 3 amide bonds. The zero-order valence-electron chi connectivity index (χ0n) is 19.2. The number of piperidine rings is 1. The fourth-order valence-electron chi connectivity index (χ4n) is 3.98. The SMILES string of the molecule is COc1cccc(NC(=O)Nc2ccc(N3CCCCC3)c(C(=O)NCc3cccnc3)c2)c1. The van der Waals surface area contributed by atoms with Crippen LogP contribution in [0.2, 0.25) is 0 Å². The number of rotatable bonds is 7. The Kier molecular flexibility index (Phi) is 7.60. The molecule has 1 aliphatic rings. The van der Waals surface area contributed by atoms with Crippen LogP contribution in [0.15, 0.2) is 67.0 Å². The van der Waals surface area contributed by atoms with Crippen LogP contribution >= 0.6 is 0 Å². The van der Waals surface area contributed by atoms with Crippen LogP contribution < -0.4 is 25.6 Å². The number of urea groups is 1. The molecule has 2 aromatic carbocycles. The van der Waals surface area contributed by atoms with Gasteiger partial charge in [0, 0.05) is 55.2 Å². The van der Waals surface area contributed by atoms with E-state index >= 15 is 0 Å². The number of amides is 3. The first kappa shape index (κ1) is 23.1. The summed E-state index contributed by atoms with van der Waals surface area (Å²) in [5.41, 5.74) is 3.47. The van der Waals surface area contributed by atoms with Crippen LogP contribution in [0, 0.1) is 0 Å². The maximum Gasteiger partial charge on any atom is 0.323 e. The largest absolute Gasteiger partial charge is 0.497 e. The second-order valence-electron chi connectivity index (χ2n) is 8.13. The minimum absolute atomic E-state index is 0.193. The number of nitrogens with zero attached hydrogens (tertiary/aromatic N) is 2. The molecule has 1 saturated heterocycles. The predicted octanol–water partition coefficient (Wildman–Crippen LogP) is 4.65. The molecule has 0 saturated carbocycles. The smallest absolute Gasteiger partial charge is 0.323 e. The van der Waals surface area contributed by atoms with Gasteiger partial charge in [-0.3, -0.25) is 9.78 Å². The summed E-state index contributed by atoms with van der Waals surface area (Å²) in [6, 6.07) is 15.9. The molecule has 1 fully saturated rings. The highest BCUT2D eigenvalue weighted by Gasteiger charge is 2.20. The van der Waals surface area contributed by atoms with Crippen LogP contribution in [0.3, 0.4) is 0 Å². The minimum Gasteiger partial charge on any atom is -0.497 e. The minimum atomic E-state index is -0.402. The molecule has 0 spiro atoms. The molecular weight excluding hydrogens is 430 g/mol. The Labute approximate surface area is 199 Å². The van der Waals surface area contributed by atoms with Crippen molar-refractivity contribution >= 4 is 29.0 Å². The summed E-state index contributed by atoms with van der Waals surface area (Å²) in [6.45, 7) is 2.19. The van der Waals surface area contributed by atoms with Gasteiger partial charge in [0.15, 0.2) is 0 Å². The lowest BCUT2D eigenvalue weighted by Gasteiger charge is -2.30. The molecule has 4 rings (SSSR count). The molecule has 8 nitrogen and oxygen atoms in total. The number of benzene rings is 2. The lowest BCUT2D eigenvalue weighted by atomic mass is 10.1. The maximum atomic E-state index is 13.2. The zero-order valence-corrected chi connectivity index (χ0v) is 19.2. The molecule has 176 valence electrons. The van der Waals surface area contributed by atoms with Crippen LogP contribution in [-0.2, 0) is 6.54 Å². The van der Waals surface area contributed by atoms with Crippen LogP contribution in [0.5, 0.6) is 5.75 Å². The number of anilines is 3. The number of hydrogen-bond acceptors (Lipinski definition) is 5. The van der Waals surface area contributed by atoms with Crippen LogP contribution in [0.4, 0.5) is 21.9 Å². The quantitative estimate of drug-likeness (QED) is 0.478. The van der Waals surface area contributed by atoms with E-state index in [-0.39, 0.29) is 5.91 Å². The van der Waals surface area contributed by atoms with Gasteiger partial charge in [0.25, 0.3) is 5.91 Å². The molecule has 3 aromatic rings. The summed E-state index contributed by atoms with van der Waals surface area (Å²) in [5, 5.41) is 8.60. The molecule has 8 heteroatoms. The van der Waals surface area contributed by atoms with Crippen molar-refractivity contribution in [1.82, 2.24) is 10.3 Å². The van der Waals surface area contributed by atoms with Crippen molar-refractivity contribution < 1.29 is 14.3 Å². The predicted molar refractivity (Wildman–Crippen MR) is 134 cm³/mol. The third-order valence-corrected chi connectivity index (χ3v) is 5.70. The van der Waals surface area contributed by atoms with E-state index in [4.69, 9.17) is 4.74 Å². The van der Waals surface area contributed by atoms with Crippen molar-refractivity contribution in [3.05, 3.63) is 78.1 Å². The highest BCUT2D eigenvalue weighted by molar-refractivity contribution is 6.04. The summed E-state index contributed by atoms with van der Waals surface area (Å²) in [5.74, 6) is 0.456. The second-order valence-corrected chi connectivity index (χ2v) is 8.13. The van der Waals surface area contributed by atoms with E-state index in [0.29, 0.717) is 29.2 Å². The highest BCUT2D eigenvalue weighted by Crippen LogP contribution is 2.27. The summed E-state index contributed by atoms with van der Waals surface area (Å²) in [6.07, 6.45) is 6.82. The number of carbonyl (C=O) groups excluding carboxylic acids is 2. The van der Waals surface area contributed by atoms with E-state index < -0.39 is 6.03 Å². The molecule has 0 radical (unpaired) electrons. The monoisotopic (exact) mass is 459 g/mol.